The number of hydrogen-bond donors (Lipinski definition) is 3. The first-order chi connectivity index (χ1) is 12.2. The summed E-state index contributed by atoms with van der Waals surface area (Å²) in [7, 11) is 0. The summed E-state index contributed by atoms with van der Waals surface area (Å²) < 4.78 is 0. The zero-order valence-corrected chi connectivity index (χ0v) is 13.1. The molecule has 0 bridgehead atoms. The summed E-state index contributed by atoms with van der Waals surface area (Å²) in [4.78, 5) is 28.1. The number of carbonyl (C=O) groups excluding carboxylic acids is 1. The van der Waals surface area contributed by atoms with E-state index >= 15 is 0 Å². The fourth-order valence-corrected chi connectivity index (χ4v) is 2.53. The average Bonchev–Trinajstić information content (AvgIpc) is 3.10. The summed E-state index contributed by atoms with van der Waals surface area (Å²) >= 11 is 0. The second-order valence-electron chi connectivity index (χ2n) is 5.46. The molecule has 0 atom stereocenters. The number of nitrogens with one attached hydrogen (secondary N) is 2. The molecule has 7 nitrogen and oxygen atoms in total. The van der Waals surface area contributed by atoms with E-state index < -0.39 is 5.91 Å². The molecule has 1 amide bonds. The van der Waals surface area contributed by atoms with Crippen LogP contribution in [0.25, 0.3) is 22.2 Å². The molecule has 4 N–H and O–H groups in total. The molecule has 3 heterocycles. The fourth-order valence-electron chi connectivity index (χ4n) is 2.53. The van der Waals surface area contributed by atoms with Crippen molar-refractivity contribution in [3.63, 3.8) is 0 Å². The Kier molecular flexibility index (Phi) is 3.59. The van der Waals surface area contributed by atoms with E-state index in [1.54, 1.807) is 18.5 Å². The minimum Gasteiger partial charge on any atom is -0.382 e. The van der Waals surface area contributed by atoms with Crippen molar-refractivity contribution in [2.75, 3.05) is 11.1 Å². The van der Waals surface area contributed by atoms with Crippen LogP contribution in [0.15, 0.2) is 61.2 Å². The van der Waals surface area contributed by atoms with Gasteiger partial charge in [-0.1, -0.05) is 6.07 Å². The van der Waals surface area contributed by atoms with E-state index in [-0.39, 0.29) is 11.5 Å². The predicted octanol–water partition coefficient (Wildman–Crippen LogP) is 2.85. The number of benzene rings is 1. The largest absolute Gasteiger partial charge is 0.382 e. The van der Waals surface area contributed by atoms with Gasteiger partial charge < -0.3 is 16.0 Å². The van der Waals surface area contributed by atoms with Crippen molar-refractivity contribution >= 4 is 28.3 Å². The molecular weight excluding hydrogens is 316 g/mol. The summed E-state index contributed by atoms with van der Waals surface area (Å²) in [6.07, 6.45) is 6.69. The van der Waals surface area contributed by atoms with Gasteiger partial charge in [-0.2, -0.15) is 0 Å². The van der Waals surface area contributed by atoms with Crippen LogP contribution in [0.4, 0.5) is 11.5 Å². The lowest BCUT2D eigenvalue weighted by Crippen LogP contribution is -2.17. The number of nitrogen functional groups attached to an aromatic ring is 1. The van der Waals surface area contributed by atoms with E-state index in [0.29, 0.717) is 11.4 Å². The van der Waals surface area contributed by atoms with Crippen molar-refractivity contribution in [1.29, 1.82) is 0 Å². The number of nitrogens with two attached hydrogens (primary N) is 1. The maximum absolute atomic E-state index is 12.6. The Hall–Kier alpha value is -3.74. The number of aromatic nitrogens is 4. The lowest BCUT2D eigenvalue weighted by atomic mass is 10.2. The maximum atomic E-state index is 12.6. The second-order valence-corrected chi connectivity index (χ2v) is 5.46. The maximum Gasteiger partial charge on any atom is 0.278 e. The normalized spacial score (nSPS) is 10.7. The third-order valence-corrected chi connectivity index (χ3v) is 3.79. The second kappa shape index (κ2) is 6.04. The number of fused-ring (bicyclic) bond motifs is 1. The van der Waals surface area contributed by atoms with Gasteiger partial charge in [-0.15, -0.1) is 0 Å². The Morgan fingerprint density at radius 3 is 2.92 bits per heavy atom. The highest BCUT2D eigenvalue weighted by Gasteiger charge is 2.15. The molecule has 0 radical (unpaired) electrons. The monoisotopic (exact) mass is 330 g/mol. The number of pyridine rings is 1. The number of rotatable bonds is 3. The lowest BCUT2D eigenvalue weighted by Gasteiger charge is -2.08. The quantitative estimate of drug-likeness (QED) is 0.535. The van der Waals surface area contributed by atoms with Gasteiger partial charge in [0.1, 0.15) is 0 Å². The van der Waals surface area contributed by atoms with Crippen molar-refractivity contribution in [3.05, 3.63) is 66.9 Å². The van der Waals surface area contributed by atoms with E-state index in [4.69, 9.17) is 5.73 Å². The molecule has 122 valence electrons. The van der Waals surface area contributed by atoms with Crippen LogP contribution in [0.1, 0.15) is 10.5 Å². The van der Waals surface area contributed by atoms with Gasteiger partial charge in [0.2, 0.25) is 0 Å². The summed E-state index contributed by atoms with van der Waals surface area (Å²) in [6.45, 7) is 0. The SMILES string of the molecule is Nc1ncc(-c2cccnc2)nc1C(=O)Nc1ccc2cc[nH]c2c1. The van der Waals surface area contributed by atoms with Crippen LogP contribution in [0.2, 0.25) is 0 Å². The van der Waals surface area contributed by atoms with Gasteiger partial charge in [-0.05, 0) is 35.7 Å². The zero-order valence-electron chi connectivity index (χ0n) is 13.1. The molecular formula is C18H14N6O. The van der Waals surface area contributed by atoms with Crippen LogP contribution >= 0.6 is 0 Å². The highest BCUT2D eigenvalue weighted by molar-refractivity contribution is 6.06. The molecule has 25 heavy (non-hydrogen) atoms. The van der Waals surface area contributed by atoms with E-state index in [2.05, 4.69) is 25.3 Å². The van der Waals surface area contributed by atoms with Gasteiger partial charge >= 0.3 is 0 Å². The third-order valence-electron chi connectivity index (χ3n) is 3.79. The molecule has 0 saturated heterocycles. The third kappa shape index (κ3) is 2.90. The lowest BCUT2D eigenvalue weighted by molar-refractivity contribution is 0.102. The Bertz CT molecular complexity index is 1060. The molecule has 3 aromatic heterocycles. The molecule has 0 unspecified atom stereocenters. The standard InChI is InChI=1S/C18H14N6O/c19-17-16(24-15(10-22-17)12-2-1-6-20-9-12)18(25)23-13-4-3-11-5-7-21-14(11)8-13/h1-10,21H,(H2,19,22)(H,23,25). The molecule has 7 heteroatoms. The molecule has 0 saturated carbocycles. The van der Waals surface area contributed by atoms with Gasteiger partial charge in [-0.25, -0.2) is 9.97 Å². The fraction of sp³-hybridized carbons (Fsp3) is 0. The van der Waals surface area contributed by atoms with Gasteiger partial charge in [0, 0.05) is 35.4 Å². The molecule has 0 fully saturated rings. The van der Waals surface area contributed by atoms with E-state index in [1.807, 2.05) is 36.5 Å². The first-order valence-electron chi connectivity index (χ1n) is 7.62. The van der Waals surface area contributed by atoms with Crippen LogP contribution in [-0.2, 0) is 0 Å². The van der Waals surface area contributed by atoms with Crippen LogP contribution < -0.4 is 11.1 Å². The van der Waals surface area contributed by atoms with E-state index in [9.17, 15) is 4.79 Å². The summed E-state index contributed by atoms with van der Waals surface area (Å²) in [6, 6.07) is 11.2. The summed E-state index contributed by atoms with van der Waals surface area (Å²) in [5, 5.41) is 3.87. The van der Waals surface area contributed by atoms with Crippen LogP contribution in [0.5, 0.6) is 0 Å². The van der Waals surface area contributed by atoms with Crippen LogP contribution in [-0.4, -0.2) is 25.8 Å². The minimum absolute atomic E-state index is 0.0751. The Morgan fingerprint density at radius 2 is 2.08 bits per heavy atom. The van der Waals surface area contributed by atoms with Crippen molar-refractivity contribution in [3.8, 4) is 11.3 Å². The van der Waals surface area contributed by atoms with Gasteiger partial charge in [-0.3, -0.25) is 9.78 Å². The number of nitrogens with zero attached hydrogens (tertiary/aromatic N) is 3. The number of H-pyrrole nitrogens is 1. The molecule has 1 aromatic carbocycles. The molecule has 0 aliphatic heterocycles. The smallest absolute Gasteiger partial charge is 0.278 e. The van der Waals surface area contributed by atoms with Gasteiger partial charge in [0.25, 0.3) is 5.91 Å². The van der Waals surface area contributed by atoms with Gasteiger partial charge in [0.15, 0.2) is 11.5 Å². The van der Waals surface area contributed by atoms with E-state index in [0.717, 1.165) is 16.5 Å². The van der Waals surface area contributed by atoms with Crippen molar-refractivity contribution in [1.82, 2.24) is 19.9 Å². The average molecular weight is 330 g/mol. The summed E-state index contributed by atoms with van der Waals surface area (Å²) in [5.74, 6) is -0.340. The number of carbonyl (C=O) groups is 1. The summed E-state index contributed by atoms with van der Waals surface area (Å²) in [5.41, 5.74) is 8.79. The van der Waals surface area contributed by atoms with Crippen molar-refractivity contribution < 1.29 is 4.79 Å². The van der Waals surface area contributed by atoms with Crippen molar-refractivity contribution in [2.45, 2.75) is 0 Å². The molecule has 0 aliphatic carbocycles. The number of aromatic amines is 1. The van der Waals surface area contributed by atoms with Crippen LogP contribution in [0.3, 0.4) is 0 Å². The van der Waals surface area contributed by atoms with Crippen LogP contribution in [0, 0.1) is 0 Å². The van der Waals surface area contributed by atoms with Crippen molar-refractivity contribution in [2.24, 2.45) is 0 Å². The number of anilines is 2. The minimum atomic E-state index is -0.415. The molecule has 0 spiro atoms. The Morgan fingerprint density at radius 1 is 1.16 bits per heavy atom. The molecule has 0 aliphatic rings. The predicted molar refractivity (Wildman–Crippen MR) is 95.9 cm³/mol. The zero-order chi connectivity index (χ0) is 17.2. The molecule has 4 aromatic rings. The Balaban J connectivity index is 1.65. The first-order valence-corrected chi connectivity index (χ1v) is 7.62. The first kappa shape index (κ1) is 14.8. The Labute approximate surface area is 143 Å². The number of amides is 1. The topological polar surface area (TPSA) is 110 Å². The van der Waals surface area contributed by atoms with Gasteiger partial charge in [0.05, 0.1) is 11.9 Å². The highest BCUT2D eigenvalue weighted by Crippen LogP contribution is 2.20. The highest BCUT2D eigenvalue weighted by atomic mass is 16.1. The van der Waals surface area contributed by atoms with E-state index in [1.165, 1.54) is 6.20 Å². The molecule has 4 rings (SSSR count). The number of hydrogen-bond acceptors (Lipinski definition) is 5.